The van der Waals surface area contributed by atoms with Crippen molar-refractivity contribution in [2.45, 2.75) is 230 Å². The fourth-order valence-electron chi connectivity index (χ4n) is 7.84. The molecule has 1 saturated heterocycles. The molecule has 51 heavy (non-hydrogen) atoms. The van der Waals surface area contributed by atoms with Crippen LogP contribution in [0.1, 0.15) is 194 Å². The average Bonchev–Trinajstić information content (AvgIpc) is 4.01. The molecule has 0 aromatic carbocycles. The van der Waals surface area contributed by atoms with E-state index in [1.165, 1.54) is 70.6 Å². The van der Waals surface area contributed by atoms with Gasteiger partial charge in [-0.3, -0.25) is 0 Å². The summed E-state index contributed by atoms with van der Waals surface area (Å²) in [6, 6.07) is 0. The van der Waals surface area contributed by atoms with Crippen molar-refractivity contribution in [1.29, 1.82) is 0 Å². The Labute approximate surface area is 321 Å². The lowest BCUT2D eigenvalue weighted by Crippen LogP contribution is -2.38. The normalized spacial score (nSPS) is 21.5. The molecule has 0 N–H and O–H groups in total. The third kappa shape index (κ3) is 26.3. The Morgan fingerprint density at radius 1 is 0.529 bits per heavy atom. The van der Waals surface area contributed by atoms with Gasteiger partial charge in [0, 0.05) is 25.7 Å². The monoisotopic (exact) mass is 727 g/mol. The predicted octanol–water partition coefficient (Wildman–Crippen LogP) is 13.4. The molecule has 0 bridgehead atoms. The third-order valence-electron chi connectivity index (χ3n) is 11.6. The molecule has 1 aliphatic heterocycles. The van der Waals surface area contributed by atoms with Gasteiger partial charge >= 0.3 is 0 Å². The standard InChI is InChI=1S/C39H80O4.C4H8.C3H6O/c1-14-19-24-37(32(10)40-16-3)30(8)27-36(43-35(13)39(25-20-15-2)34(12)42-18-5)28-31(9)38(33(11)41-17-4)26-22-21-23-29(6)7;1-4-2-3-4;1-3-2-4-3/h29-39H,14-28H2,1-13H3;4H,2-3H2,1H3;3H,2H2,1H3. The maximum atomic E-state index is 7.20. The highest BCUT2D eigenvalue weighted by atomic mass is 16.6. The van der Waals surface area contributed by atoms with Crippen LogP contribution in [0.3, 0.4) is 0 Å². The van der Waals surface area contributed by atoms with Gasteiger partial charge in [0.05, 0.1) is 43.2 Å². The van der Waals surface area contributed by atoms with Crippen LogP contribution >= 0.6 is 0 Å². The van der Waals surface area contributed by atoms with E-state index in [0.29, 0.717) is 35.7 Å². The molecule has 0 aromatic rings. The van der Waals surface area contributed by atoms with Crippen LogP contribution in [-0.4, -0.2) is 63.1 Å². The number of unbranched alkanes of at least 4 members (excludes halogenated alkanes) is 3. The van der Waals surface area contributed by atoms with E-state index in [2.05, 4.69) is 104 Å². The van der Waals surface area contributed by atoms with Crippen LogP contribution in [0.5, 0.6) is 0 Å². The van der Waals surface area contributed by atoms with Crippen molar-refractivity contribution in [3.8, 4) is 0 Å². The summed E-state index contributed by atoms with van der Waals surface area (Å²) in [6.07, 6.45) is 19.4. The lowest BCUT2D eigenvalue weighted by atomic mass is 9.77. The largest absolute Gasteiger partial charge is 0.378 e. The Morgan fingerprint density at radius 2 is 0.882 bits per heavy atom. The first kappa shape index (κ1) is 50.8. The first-order valence-electron chi connectivity index (χ1n) is 22.4. The van der Waals surface area contributed by atoms with Gasteiger partial charge in [-0.05, 0) is 123 Å². The lowest BCUT2D eigenvalue weighted by molar-refractivity contribution is -0.100. The second-order valence-electron chi connectivity index (χ2n) is 17.2. The highest BCUT2D eigenvalue weighted by molar-refractivity contribution is 4.82. The van der Waals surface area contributed by atoms with Gasteiger partial charge in [-0.25, -0.2) is 0 Å². The summed E-state index contributed by atoms with van der Waals surface area (Å²) in [4.78, 5) is 0. The van der Waals surface area contributed by atoms with E-state index in [-0.39, 0.29) is 30.5 Å². The van der Waals surface area contributed by atoms with Crippen LogP contribution in [0.4, 0.5) is 0 Å². The molecule has 11 atom stereocenters. The predicted molar refractivity (Wildman–Crippen MR) is 222 cm³/mol. The fourth-order valence-corrected chi connectivity index (χ4v) is 7.84. The summed E-state index contributed by atoms with van der Waals surface area (Å²) in [6.45, 7) is 37.4. The van der Waals surface area contributed by atoms with Gasteiger partial charge in [0.15, 0.2) is 0 Å². The molecule has 2 fully saturated rings. The maximum Gasteiger partial charge on any atom is 0.0781 e. The van der Waals surface area contributed by atoms with E-state index in [0.717, 1.165) is 57.5 Å². The minimum absolute atomic E-state index is 0.171. The van der Waals surface area contributed by atoms with Gasteiger partial charge in [-0.2, -0.15) is 0 Å². The molecule has 2 rings (SSSR count). The molecule has 0 aromatic heterocycles. The van der Waals surface area contributed by atoms with Gasteiger partial charge < -0.3 is 23.7 Å². The van der Waals surface area contributed by atoms with Crippen molar-refractivity contribution in [3.63, 3.8) is 0 Å². The first-order valence-corrected chi connectivity index (χ1v) is 22.4. The van der Waals surface area contributed by atoms with Crippen LogP contribution < -0.4 is 0 Å². The number of rotatable bonds is 29. The zero-order valence-corrected chi connectivity index (χ0v) is 37.3. The smallest absolute Gasteiger partial charge is 0.0781 e. The second-order valence-corrected chi connectivity index (χ2v) is 17.2. The molecule has 0 spiro atoms. The highest BCUT2D eigenvalue weighted by Crippen LogP contribution is 2.35. The van der Waals surface area contributed by atoms with Crippen LogP contribution in [0.15, 0.2) is 0 Å². The first-order chi connectivity index (χ1) is 24.2. The number of epoxide rings is 1. The van der Waals surface area contributed by atoms with Crippen molar-refractivity contribution >= 4 is 0 Å². The molecule has 2 aliphatic rings. The summed E-state index contributed by atoms with van der Waals surface area (Å²) < 4.78 is 30.5. The summed E-state index contributed by atoms with van der Waals surface area (Å²) in [5.41, 5.74) is 0. The Hall–Kier alpha value is -0.200. The summed E-state index contributed by atoms with van der Waals surface area (Å²) in [5.74, 6) is 4.48. The summed E-state index contributed by atoms with van der Waals surface area (Å²) in [5, 5.41) is 0. The Morgan fingerprint density at radius 3 is 1.22 bits per heavy atom. The van der Waals surface area contributed by atoms with Crippen LogP contribution in [0.2, 0.25) is 0 Å². The zero-order valence-electron chi connectivity index (χ0n) is 37.3. The van der Waals surface area contributed by atoms with E-state index in [4.69, 9.17) is 23.7 Å². The molecular formula is C46H94O5. The molecule has 1 aliphatic carbocycles. The van der Waals surface area contributed by atoms with Crippen LogP contribution in [0.25, 0.3) is 0 Å². The second kappa shape index (κ2) is 31.1. The van der Waals surface area contributed by atoms with E-state index >= 15 is 0 Å². The van der Waals surface area contributed by atoms with E-state index in [1.807, 2.05) is 0 Å². The molecule has 308 valence electrons. The molecule has 5 nitrogen and oxygen atoms in total. The molecular weight excluding hydrogens is 633 g/mol. The molecule has 1 saturated carbocycles. The summed E-state index contributed by atoms with van der Waals surface area (Å²) in [7, 11) is 0. The van der Waals surface area contributed by atoms with Crippen molar-refractivity contribution in [2.24, 2.45) is 41.4 Å². The zero-order chi connectivity index (χ0) is 38.8. The highest BCUT2D eigenvalue weighted by Gasteiger charge is 2.33. The Kier molecular flexibility index (Phi) is 30.9. The molecule has 5 heteroatoms. The van der Waals surface area contributed by atoms with Crippen LogP contribution in [0, 0.1) is 41.4 Å². The van der Waals surface area contributed by atoms with Crippen molar-refractivity contribution in [2.75, 3.05) is 26.4 Å². The minimum Gasteiger partial charge on any atom is -0.378 e. The van der Waals surface area contributed by atoms with E-state index in [9.17, 15) is 0 Å². The van der Waals surface area contributed by atoms with Gasteiger partial charge in [-0.1, -0.05) is 106 Å². The number of hydrogen-bond acceptors (Lipinski definition) is 5. The van der Waals surface area contributed by atoms with Crippen molar-refractivity contribution < 1.29 is 23.7 Å². The Balaban J connectivity index is 0.00000271. The number of hydrogen-bond donors (Lipinski definition) is 0. The fraction of sp³-hybridized carbons (Fsp3) is 1.00. The quantitative estimate of drug-likeness (QED) is 0.0567. The van der Waals surface area contributed by atoms with Crippen molar-refractivity contribution in [1.82, 2.24) is 0 Å². The number of ether oxygens (including phenoxy) is 5. The van der Waals surface area contributed by atoms with E-state index in [1.54, 1.807) is 0 Å². The van der Waals surface area contributed by atoms with Gasteiger partial charge in [0.2, 0.25) is 0 Å². The van der Waals surface area contributed by atoms with Gasteiger partial charge in [-0.15, -0.1) is 0 Å². The Bertz CT molecular complexity index is 710. The topological polar surface area (TPSA) is 49.5 Å². The maximum absolute atomic E-state index is 7.20. The SMILES string of the molecule is CC1CC1.CC1CO1.CCCCC(C(C)CC(CC(C)C(CCCCC(C)C)C(C)OCC)OC(C)C(CCCC)C(C)OCC)C(C)OCC. The van der Waals surface area contributed by atoms with Gasteiger partial charge in [0.25, 0.3) is 0 Å². The lowest BCUT2D eigenvalue weighted by Gasteiger charge is -2.38. The van der Waals surface area contributed by atoms with Crippen LogP contribution in [-0.2, 0) is 23.7 Å². The van der Waals surface area contributed by atoms with Gasteiger partial charge in [0.1, 0.15) is 0 Å². The minimum atomic E-state index is 0.171. The van der Waals surface area contributed by atoms with Crippen molar-refractivity contribution in [3.05, 3.63) is 0 Å². The average molecular weight is 727 g/mol. The molecule has 0 amide bonds. The third-order valence-corrected chi connectivity index (χ3v) is 11.6. The van der Waals surface area contributed by atoms with E-state index < -0.39 is 0 Å². The summed E-state index contributed by atoms with van der Waals surface area (Å²) >= 11 is 0. The molecule has 11 unspecified atom stereocenters. The molecule has 0 radical (unpaired) electrons. The molecule has 1 heterocycles.